The van der Waals surface area contributed by atoms with E-state index >= 15 is 0 Å². The van der Waals surface area contributed by atoms with E-state index in [1.165, 1.54) is 18.2 Å². The first-order chi connectivity index (χ1) is 14.7. The third kappa shape index (κ3) is 3.78. The van der Waals surface area contributed by atoms with Gasteiger partial charge in [-0.25, -0.2) is 0 Å². The molecule has 0 radical (unpaired) electrons. The third-order valence-corrected chi connectivity index (χ3v) is 5.43. The molecule has 11 heteroatoms. The Morgan fingerprint density at radius 3 is 2.23 bits per heavy atom. The van der Waals surface area contributed by atoms with E-state index in [4.69, 9.17) is 11.6 Å². The van der Waals surface area contributed by atoms with Gasteiger partial charge in [-0.3, -0.25) is 4.79 Å². The van der Waals surface area contributed by atoms with Crippen LogP contribution in [-0.4, -0.2) is 41.7 Å². The predicted octanol–water partition coefficient (Wildman–Crippen LogP) is 3.54. The molecule has 0 saturated carbocycles. The van der Waals surface area contributed by atoms with Crippen LogP contribution in [0.3, 0.4) is 0 Å². The summed E-state index contributed by atoms with van der Waals surface area (Å²) in [5, 5.41) is 13.0. The molecule has 1 amide bonds. The van der Waals surface area contributed by atoms with Crippen LogP contribution in [0.4, 0.5) is 18.9 Å². The molecule has 4 rings (SSSR count). The molecule has 2 aromatic carbocycles. The van der Waals surface area contributed by atoms with Gasteiger partial charge < -0.3 is 19.7 Å². The number of fused-ring (bicyclic) bond motifs is 1. The van der Waals surface area contributed by atoms with Crippen LogP contribution in [0.1, 0.15) is 16.2 Å². The average Bonchev–Trinajstić information content (AvgIpc) is 2.75. The highest BCUT2D eigenvalue weighted by Gasteiger charge is 2.46. The van der Waals surface area contributed by atoms with E-state index in [-0.39, 0.29) is 27.8 Å². The van der Waals surface area contributed by atoms with Gasteiger partial charge in [-0.15, -0.1) is 0 Å². The van der Waals surface area contributed by atoms with Crippen molar-refractivity contribution >= 4 is 34.2 Å². The predicted molar refractivity (Wildman–Crippen MR) is 109 cm³/mol. The first-order valence-electron chi connectivity index (χ1n) is 9.33. The van der Waals surface area contributed by atoms with Gasteiger partial charge in [-0.1, -0.05) is 23.7 Å². The Hall–Kier alpha value is -3.27. The fraction of sp³-hybridized carbons (Fsp3) is 0.250. The van der Waals surface area contributed by atoms with Crippen molar-refractivity contribution in [3.05, 3.63) is 75.1 Å². The summed E-state index contributed by atoms with van der Waals surface area (Å²) in [6.07, 6.45) is -5.19. The number of halogens is 4. The lowest BCUT2D eigenvalue weighted by Crippen LogP contribution is -2.51. The molecule has 0 aliphatic carbocycles. The molecule has 162 valence electrons. The van der Waals surface area contributed by atoms with Gasteiger partial charge in [0.1, 0.15) is 5.52 Å². The Labute approximate surface area is 179 Å². The van der Waals surface area contributed by atoms with Gasteiger partial charge in [0.25, 0.3) is 5.52 Å². The average molecular weight is 453 g/mol. The van der Waals surface area contributed by atoms with Gasteiger partial charge in [0.2, 0.25) is 5.69 Å². The Morgan fingerprint density at radius 2 is 1.61 bits per heavy atom. The SMILES string of the molecule is O=C(c1c(C(F)(F)F)n([O-])c2ccccc2[n+]1=O)N1CCN(c2ccc(Cl)cc2)CC1. The quantitative estimate of drug-likeness (QED) is 0.557. The second-order valence-electron chi connectivity index (χ2n) is 7.03. The van der Waals surface area contributed by atoms with E-state index in [9.17, 15) is 28.1 Å². The molecule has 1 saturated heterocycles. The molecule has 31 heavy (non-hydrogen) atoms. The Kier molecular flexibility index (Phi) is 5.26. The van der Waals surface area contributed by atoms with E-state index in [1.807, 2.05) is 4.90 Å². The smallest absolute Gasteiger partial charge is 0.438 e. The fourth-order valence-electron chi connectivity index (χ4n) is 3.65. The molecule has 1 aromatic heterocycles. The van der Waals surface area contributed by atoms with Gasteiger partial charge in [-0.05, 0) is 30.3 Å². The Morgan fingerprint density at radius 1 is 1.00 bits per heavy atom. The van der Waals surface area contributed by atoms with Gasteiger partial charge in [0, 0.05) is 47.9 Å². The van der Waals surface area contributed by atoms with Crippen LogP contribution in [0.15, 0.2) is 48.5 Å². The highest BCUT2D eigenvalue weighted by Crippen LogP contribution is 2.33. The molecule has 0 N–H and O–H groups in total. The van der Waals surface area contributed by atoms with Crippen molar-refractivity contribution in [2.45, 2.75) is 6.18 Å². The molecule has 1 aliphatic rings. The van der Waals surface area contributed by atoms with E-state index in [0.29, 0.717) is 18.1 Å². The molecule has 1 fully saturated rings. The minimum atomic E-state index is -5.19. The van der Waals surface area contributed by atoms with Gasteiger partial charge >= 0.3 is 17.8 Å². The van der Waals surface area contributed by atoms with Crippen molar-refractivity contribution in [1.29, 1.82) is 0 Å². The summed E-state index contributed by atoms with van der Waals surface area (Å²) in [7, 11) is 0. The molecule has 0 spiro atoms. The largest absolute Gasteiger partial charge is 0.805 e. The number of rotatable bonds is 2. The summed E-state index contributed by atoms with van der Waals surface area (Å²) in [6.45, 7) is 0.867. The maximum absolute atomic E-state index is 13.7. The first-order valence-corrected chi connectivity index (χ1v) is 9.71. The zero-order valence-corrected chi connectivity index (χ0v) is 16.7. The van der Waals surface area contributed by atoms with Crippen LogP contribution in [-0.2, 0) is 6.18 Å². The summed E-state index contributed by atoms with van der Waals surface area (Å²) in [4.78, 5) is 28.8. The van der Waals surface area contributed by atoms with Gasteiger partial charge in [0.05, 0.1) is 4.43 Å². The number of carbonyl (C=O) groups is 1. The van der Waals surface area contributed by atoms with E-state index < -0.39 is 29.0 Å². The van der Waals surface area contributed by atoms with Crippen LogP contribution >= 0.6 is 11.6 Å². The lowest BCUT2D eigenvalue weighted by atomic mass is 10.2. The third-order valence-electron chi connectivity index (χ3n) is 5.18. The number of hydrogen-bond donors (Lipinski definition) is 0. The molecular weight excluding hydrogens is 437 g/mol. The van der Waals surface area contributed by atoms with Crippen molar-refractivity contribution in [3.8, 4) is 0 Å². The van der Waals surface area contributed by atoms with Gasteiger partial charge in [0.15, 0.2) is 0 Å². The number of anilines is 1. The van der Waals surface area contributed by atoms with E-state index in [0.717, 1.165) is 16.7 Å². The Balaban J connectivity index is 1.69. The van der Waals surface area contributed by atoms with Crippen molar-refractivity contribution in [3.63, 3.8) is 0 Å². The molecule has 2 heterocycles. The van der Waals surface area contributed by atoms with Crippen molar-refractivity contribution in [2.24, 2.45) is 0 Å². The highest BCUT2D eigenvalue weighted by atomic mass is 35.5. The molecular formula is C20H16ClF3N4O3. The number of carbonyl (C=O) groups excluding carboxylic acids is 1. The summed E-state index contributed by atoms with van der Waals surface area (Å²) in [6, 6.07) is 12.1. The normalized spacial score (nSPS) is 14.8. The van der Waals surface area contributed by atoms with Crippen LogP contribution < -0.4 is 9.33 Å². The number of hydrogen-bond acceptors (Lipinski definition) is 4. The fourth-order valence-corrected chi connectivity index (χ4v) is 3.77. The monoisotopic (exact) mass is 452 g/mol. The number of para-hydroxylation sites is 2. The highest BCUT2D eigenvalue weighted by molar-refractivity contribution is 6.30. The maximum atomic E-state index is 13.7. The number of aromatic nitrogens is 2. The molecule has 0 bridgehead atoms. The van der Waals surface area contributed by atoms with Crippen molar-refractivity contribution in [2.75, 3.05) is 31.1 Å². The number of nitrogens with zero attached hydrogens (tertiary/aromatic N) is 4. The van der Waals surface area contributed by atoms with Crippen LogP contribution in [0, 0.1) is 10.1 Å². The van der Waals surface area contributed by atoms with Crippen molar-refractivity contribution in [1.82, 2.24) is 9.63 Å². The topological polar surface area (TPSA) is 74.5 Å². The zero-order chi connectivity index (χ0) is 22.3. The minimum absolute atomic E-state index is 0.0877. The summed E-state index contributed by atoms with van der Waals surface area (Å²) >= 11 is 5.88. The number of amides is 1. The van der Waals surface area contributed by atoms with Crippen molar-refractivity contribution < 1.29 is 22.4 Å². The minimum Gasteiger partial charge on any atom is -0.805 e. The maximum Gasteiger partial charge on any atom is 0.438 e. The van der Waals surface area contributed by atoms with E-state index in [1.54, 1.807) is 24.3 Å². The van der Waals surface area contributed by atoms with Crippen LogP contribution in [0.2, 0.25) is 5.02 Å². The summed E-state index contributed by atoms with van der Waals surface area (Å²) in [5.41, 5.74) is -2.95. The molecule has 0 unspecified atom stereocenters. The molecule has 0 atom stereocenters. The Bertz CT molecular complexity index is 1200. The molecule has 1 aliphatic heterocycles. The van der Waals surface area contributed by atoms with E-state index in [2.05, 4.69) is 0 Å². The number of benzene rings is 2. The van der Waals surface area contributed by atoms with Gasteiger partial charge in [-0.2, -0.15) is 13.2 Å². The van der Waals surface area contributed by atoms with Crippen LogP contribution in [0.5, 0.6) is 0 Å². The number of piperazine rings is 1. The molecule has 7 nitrogen and oxygen atoms in total. The molecule has 3 aromatic rings. The standard InChI is InChI=1S/C20H16ClF3N4O3/c21-13-5-7-14(8-6-13)25-9-11-26(12-10-25)19(29)17-18(20(22,23)24)28(31)16-4-2-1-3-15(16)27(17)30/h1-8H,9-12H2. The summed E-state index contributed by atoms with van der Waals surface area (Å²) in [5.74, 6) is -1.13. The zero-order valence-electron chi connectivity index (χ0n) is 16.0. The lowest BCUT2D eigenvalue weighted by Gasteiger charge is -2.35. The van der Waals surface area contributed by atoms with Crippen LogP contribution in [0.25, 0.3) is 11.0 Å². The number of alkyl halides is 3. The second kappa shape index (κ2) is 7.77. The lowest BCUT2D eigenvalue weighted by molar-refractivity contribution is -0.470. The first kappa shape index (κ1) is 21.0. The summed E-state index contributed by atoms with van der Waals surface area (Å²) < 4.78 is 40.6. The second-order valence-corrected chi connectivity index (χ2v) is 7.46.